The maximum Gasteiger partial charge on any atom is 0.410 e. The zero-order valence-corrected chi connectivity index (χ0v) is 11.6. The summed E-state index contributed by atoms with van der Waals surface area (Å²) in [6, 6.07) is 7.15. The molecule has 1 unspecified atom stereocenters. The number of ether oxygens (including phenoxy) is 2. The number of carbonyl (C=O) groups is 2. The number of amides is 2. The molecule has 2 rings (SSSR count). The van der Waals surface area contributed by atoms with E-state index in [4.69, 9.17) is 9.47 Å². The third-order valence-electron chi connectivity index (χ3n) is 3.29. The molecule has 1 aliphatic rings. The maximum absolute atomic E-state index is 11.9. The summed E-state index contributed by atoms with van der Waals surface area (Å²) in [4.78, 5) is 24.4. The van der Waals surface area contributed by atoms with E-state index < -0.39 is 12.1 Å². The minimum Gasteiger partial charge on any atom is -0.497 e. The molecule has 1 N–H and O–H groups in total. The van der Waals surface area contributed by atoms with Crippen LogP contribution in [0.1, 0.15) is 5.56 Å². The Kier molecular flexibility index (Phi) is 4.45. The molecule has 1 aliphatic heterocycles. The van der Waals surface area contributed by atoms with Gasteiger partial charge in [-0.25, -0.2) is 4.79 Å². The molecule has 0 saturated carbocycles. The summed E-state index contributed by atoms with van der Waals surface area (Å²) in [5.74, 6) is 0.618. The van der Waals surface area contributed by atoms with Gasteiger partial charge in [-0.05, 0) is 24.1 Å². The Morgan fingerprint density at radius 3 is 2.70 bits per heavy atom. The van der Waals surface area contributed by atoms with E-state index in [2.05, 4.69) is 5.32 Å². The number of cyclic esters (lactones) is 1. The molecular weight excluding hydrogens is 260 g/mol. The highest BCUT2D eigenvalue weighted by atomic mass is 16.6. The molecule has 0 bridgehead atoms. The molecular formula is C14H18N2O4. The standard InChI is InChI=1S/C14H18N2O4/c1-16-12(9-20-14(16)18)13(17)15-8-7-10-3-5-11(19-2)6-4-10/h3-6,12H,7-9H2,1-2H3,(H,15,17). The van der Waals surface area contributed by atoms with E-state index in [-0.39, 0.29) is 12.5 Å². The van der Waals surface area contributed by atoms with Crippen molar-refractivity contribution in [1.29, 1.82) is 0 Å². The van der Waals surface area contributed by atoms with Crippen molar-refractivity contribution in [2.75, 3.05) is 27.3 Å². The van der Waals surface area contributed by atoms with Gasteiger partial charge >= 0.3 is 6.09 Å². The average Bonchev–Trinajstić information content (AvgIpc) is 2.80. The smallest absolute Gasteiger partial charge is 0.410 e. The summed E-state index contributed by atoms with van der Waals surface area (Å²) in [6.45, 7) is 0.632. The number of methoxy groups -OCH3 is 1. The minimum atomic E-state index is -0.529. The predicted octanol–water partition coefficient (Wildman–Crippen LogP) is 0.804. The lowest BCUT2D eigenvalue weighted by Gasteiger charge is -2.15. The van der Waals surface area contributed by atoms with Crippen molar-refractivity contribution in [3.05, 3.63) is 29.8 Å². The minimum absolute atomic E-state index is 0.115. The lowest BCUT2D eigenvalue weighted by Crippen LogP contribution is -2.44. The zero-order valence-electron chi connectivity index (χ0n) is 11.6. The summed E-state index contributed by atoms with van der Waals surface area (Å²) >= 11 is 0. The van der Waals surface area contributed by atoms with Gasteiger partial charge in [0.1, 0.15) is 18.4 Å². The van der Waals surface area contributed by atoms with Gasteiger partial charge in [-0.1, -0.05) is 12.1 Å². The molecule has 6 nitrogen and oxygen atoms in total. The van der Waals surface area contributed by atoms with E-state index in [0.29, 0.717) is 6.54 Å². The Labute approximate surface area is 117 Å². The Morgan fingerprint density at radius 2 is 2.15 bits per heavy atom. The first-order valence-corrected chi connectivity index (χ1v) is 6.42. The van der Waals surface area contributed by atoms with E-state index in [1.165, 1.54) is 4.90 Å². The van der Waals surface area contributed by atoms with E-state index in [9.17, 15) is 9.59 Å². The van der Waals surface area contributed by atoms with E-state index in [0.717, 1.165) is 17.7 Å². The van der Waals surface area contributed by atoms with Crippen LogP contribution in [0.25, 0.3) is 0 Å². The second-order valence-electron chi connectivity index (χ2n) is 4.59. The fourth-order valence-corrected chi connectivity index (χ4v) is 1.98. The van der Waals surface area contributed by atoms with Gasteiger partial charge in [-0.2, -0.15) is 0 Å². The molecule has 1 saturated heterocycles. The van der Waals surface area contributed by atoms with Crippen LogP contribution in [0.3, 0.4) is 0 Å². The number of likely N-dealkylation sites (N-methyl/N-ethyl adjacent to an activating group) is 1. The highest BCUT2D eigenvalue weighted by molar-refractivity contribution is 5.87. The molecule has 6 heteroatoms. The average molecular weight is 278 g/mol. The summed E-state index contributed by atoms with van der Waals surface area (Å²) < 4.78 is 9.88. The van der Waals surface area contributed by atoms with Gasteiger partial charge < -0.3 is 14.8 Å². The van der Waals surface area contributed by atoms with Crippen LogP contribution in [0.15, 0.2) is 24.3 Å². The number of benzene rings is 1. The van der Waals surface area contributed by atoms with Gasteiger partial charge in [-0.15, -0.1) is 0 Å². The summed E-state index contributed by atoms with van der Waals surface area (Å²) in [5.41, 5.74) is 1.11. The second kappa shape index (κ2) is 6.27. The van der Waals surface area contributed by atoms with Crippen molar-refractivity contribution in [2.24, 2.45) is 0 Å². The molecule has 1 fully saturated rings. The van der Waals surface area contributed by atoms with E-state index in [1.807, 2.05) is 24.3 Å². The molecule has 0 aromatic heterocycles. The third kappa shape index (κ3) is 3.20. The van der Waals surface area contributed by atoms with Crippen LogP contribution in [0.5, 0.6) is 5.75 Å². The SMILES string of the molecule is COc1ccc(CCNC(=O)C2COC(=O)N2C)cc1. The van der Waals surface area contributed by atoms with Crippen LogP contribution in [-0.4, -0.2) is 50.3 Å². The van der Waals surface area contributed by atoms with Crippen LogP contribution in [0.4, 0.5) is 4.79 Å². The quantitative estimate of drug-likeness (QED) is 0.865. The van der Waals surface area contributed by atoms with Gasteiger partial charge in [0.05, 0.1) is 7.11 Å². The number of rotatable bonds is 5. The number of hydrogen-bond donors (Lipinski definition) is 1. The second-order valence-corrected chi connectivity index (χ2v) is 4.59. The fraction of sp³-hybridized carbons (Fsp3) is 0.429. The first kappa shape index (κ1) is 14.2. The highest BCUT2D eigenvalue weighted by Gasteiger charge is 2.34. The van der Waals surface area contributed by atoms with Crippen LogP contribution < -0.4 is 10.1 Å². The Morgan fingerprint density at radius 1 is 1.45 bits per heavy atom. The van der Waals surface area contributed by atoms with Crippen molar-refractivity contribution >= 4 is 12.0 Å². The first-order chi connectivity index (χ1) is 9.61. The molecule has 108 valence electrons. The van der Waals surface area contributed by atoms with Crippen molar-refractivity contribution in [2.45, 2.75) is 12.5 Å². The summed E-state index contributed by atoms with van der Waals surface area (Å²) in [7, 11) is 3.18. The largest absolute Gasteiger partial charge is 0.497 e. The summed E-state index contributed by atoms with van der Waals surface area (Å²) in [6.07, 6.45) is 0.265. The van der Waals surface area contributed by atoms with Gasteiger partial charge in [0.15, 0.2) is 0 Å². The van der Waals surface area contributed by atoms with Crippen molar-refractivity contribution in [3.63, 3.8) is 0 Å². The monoisotopic (exact) mass is 278 g/mol. The zero-order chi connectivity index (χ0) is 14.5. The summed E-state index contributed by atoms with van der Waals surface area (Å²) in [5, 5.41) is 2.81. The van der Waals surface area contributed by atoms with Crippen molar-refractivity contribution in [3.8, 4) is 5.75 Å². The Balaban J connectivity index is 1.77. The maximum atomic E-state index is 11.9. The van der Waals surface area contributed by atoms with Crippen molar-refractivity contribution < 1.29 is 19.1 Å². The first-order valence-electron chi connectivity index (χ1n) is 6.42. The molecule has 1 heterocycles. The predicted molar refractivity (Wildman–Crippen MR) is 72.6 cm³/mol. The molecule has 0 aliphatic carbocycles. The number of carbonyl (C=O) groups excluding carboxylic acids is 2. The third-order valence-corrected chi connectivity index (χ3v) is 3.29. The van der Waals surface area contributed by atoms with Crippen LogP contribution in [0.2, 0.25) is 0 Å². The lowest BCUT2D eigenvalue weighted by molar-refractivity contribution is -0.124. The highest BCUT2D eigenvalue weighted by Crippen LogP contribution is 2.12. The topological polar surface area (TPSA) is 67.9 Å². The molecule has 0 spiro atoms. The Bertz CT molecular complexity index is 486. The molecule has 20 heavy (non-hydrogen) atoms. The molecule has 1 aromatic carbocycles. The molecule has 1 aromatic rings. The van der Waals surface area contributed by atoms with Gasteiger partial charge in [0.2, 0.25) is 5.91 Å². The van der Waals surface area contributed by atoms with Gasteiger partial charge in [0, 0.05) is 13.6 Å². The van der Waals surface area contributed by atoms with E-state index >= 15 is 0 Å². The number of nitrogens with one attached hydrogen (secondary N) is 1. The van der Waals surface area contributed by atoms with Crippen LogP contribution in [-0.2, 0) is 16.0 Å². The van der Waals surface area contributed by atoms with Crippen molar-refractivity contribution in [1.82, 2.24) is 10.2 Å². The molecule has 2 amide bonds. The molecule has 0 radical (unpaired) electrons. The number of nitrogens with zero attached hydrogens (tertiary/aromatic N) is 1. The van der Waals surface area contributed by atoms with Crippen LogP contribution >= 0.6 is 0 Å². The van der Waals surface area contributed by atoms with Gasteiger partial charge in [-0.3, -0.25) is 9.69 Å². The number of hydrogen-bond acceptors (Lipinski definition) is 4. The lowest BCUT2D eigenvalue weighted by atomic mass is 10.1. The normalized spacial score (nSPS) is 17.8. The molecule has 1 atom stereocenters. The van der Waals surface area contributed by atoms with E-state index in [1.54, 1.807) is 14.2 Å². The van der Waals surface area contributed by atoms with Crippen LogP contribution in [0, 0.1) is 0 Å². The fourth-order valence-electron chi connectivity index (χ4n) is 1.98. The Hall–Kier alpha value is -2.24. The van der Waals surface area contributed by atoms with Gasteiger partial charge in [0.25, 0.3) is 0 Å².